The molecule has 18 heavy (non-hydrogen) atoms. The molecule has 1 saturated carbocycles. The van der Waals surface area contributed by atoms with Crippen molar-refractivity contribution in [3.05, 3.63) is 23.9 Å². The lowest BCUT2D eigenvalue weighted by Gasteiger charge is -2.28. The highest BCUT2D eigenvalue weighted by atomic mass is 15.2. The molecule has 0 bridgehead atoms. The monoisotopic (exact) mass is 247 g/mol. The SMILES string of the molecule is CNCc1ccc(N(C)C2CCCCCC2)nc1. The summed E-state index contributed by atoms with van der Waals surface area (Å²) in [7, 11) is 4.15. The van der Waals surface area contributed by atoms with E-state index in [9.17, 15) is 0 Å². The molecule has 1 heterocycles. The second-order valence-electron chi connectivity index (χ2n) is 5.31. The van der Waals surface area contributed by atoms with E-state index in [0.29, 0.717) is 6.04 Å². The van der Waals surface area contributed by atoms with Crippen molar-refractivity contribution in [3.8, 4) is 0 Å². The van der Waals surface area contributed by atoms with Crippen molar-refractivity contribution < 1.29 is 0 Å². The zero-order valence-electron chi connectivity index (χ0n) is 11.7. The summed E-state index contributed by atoms with van der Waals surface area (Å²) < 4.78 is 0. The molecule has 0 aliphatic heterocycles. The third kappa shape index (κ3) is 3.45. The molecule has 1 aromatic rings. The van der Waals surface area contributed by atoms with Crippen molar-refractivity contribution in [3.63, 3.8) is 0 Å². The van der Waals surface area contributed by atoms with Crippen LogP contribution in [0.5, 0.6) is 0 Å². The van der Waals surface area contributed by atoms with Gasteiger partial charge in [0.1, 0.15) is 5.82 Å². The van der Waals surface area contributed by atoms with E-state index in [1.165, 1.54) is 44.1 Å². The van der Waals surface area contributed by atoms with Crippen molar-refractivity contribution in [1.29, 1.82) is 0 Å². The maximum absolute atomic E-state index is 4.59. The Labute approximate surface area is 111 Å². The lowest BCUT2D eigenvalue weighted by molar-refractivity contribution is 0.549. The highest BCUT2D eigenvalue weighted by Gasteiger charge is 2.17. The second-order valence-corrected chi connectivity index (χ2v) is 5.31. The molecular formula is C15H25N3. The van der Waals surface area contributed by atoms with Crippen LogP contribution in [0.4, 0.5) is 5.82 Å². The van der Waals surface area contributed by atoms with E-state index in [1.807, 2.05) is 13.2 Å². The molecule has 0 atom stereocenters. The van der Waals surface area contributed by atoms with Gasteiger partial charge < -0.3 is 10.2 Å². The highest BCUT2D eigenvalue weighted by molar-refractivity contribution is 5.39. The molecule has 1 fully saturated rings. The fourth-order valence-corrected chi connectivity index (χ4v) is 2.77. The number of nitrogens with one attached hydrogen (secondary N) is 1. The minimum absolute atomic E-state index is 0.676. The van der Waals surface area contributed by atoms with Gasteiger partial charge >= 0.3 is 0 Å². The van der Waals surface area contributed by atoms with Gasteiger partial charge in [-0.3, -0.25) is 0 Å². The van der Waals surface area contributed by atoms with Crippen LogP contribution in [0.25, 0.3) is 0 Å². The molecule has 1 aliphatic rings. The average molecular weight is 247 g/mol. The first-order chi connectivity index (χ1) is 8.81. The lowest BCUT2D eigenvalue weighted by Crippen LogP contribution is -2.31. The van der Waals surface area contributed by atoms with Crippen molar-refractivity contribution in [2.45, 2.75) is 51.1 Å². The Morgan fingerprint density at radius 3 is 2.50 bits per heavy atom. The van der Waals surface area contributed by atoms with Gasteiger partial charge in [-0.25, -0.2) is 4.98 Å². The molecule has 0 aromatic carbocycles. The van der Waals surface area contributed by atoms with Crippen LogP contribution in [0.15, 0.2) is 18.3 Å². The summed E-state index contributed by atoms with van der Waals surface area (Å²) in [4.78, 5) is 6.96. The van der Waals surface area contributed by atoms with Gasteiger partial charge in [0.25, 0.3) is 0 Å². The first-order valence-electron chi connectivity index (χ1n) is 7.13. The average Bonchev–Trinajstić information content (AvgIpc) is 2.68. The van der Waals surface area contributed by atoms with Crippen LogP contribution < -0.4 is 10.2 Å². The van der Waals surface area contributed by atoms with Gasteiger partial charge in [0, 0.05) is 25.8 Å². The van der Waals surface area contributed by atoms with Gasteiger partial charge in [0.2, 0.25) is 0 Å². The van der Waals surface area contributed by atoms with Crippen LogP contribution in [0.1, 0.15) is 44.1 Å². The third-order valence-electron chi connectivity index (χ3n) is 3.92. The van der Waals surface area contributed by atoms with Gasteiger partial charge in [-0.2, -0.15) is 0 Å². The van der Waals surface area contributed by atoms with E-state index < -0.39 is 0 Å². The maximum Gasteiger partial charge on any atom is 0.128 e. The summed E-state index contributed by atoms with van der Waals surface area (Å²) in [6.07, 6.45) is 10.2. The number of rotatable bonds is 4. The van der Waals surface area contributed by atoms with E-state index in [1.54, 1.807) is 0 Å². The van der Waals surface area contributed by atoms with Crippen LogP contribution in [0.3, 0.4) is 0 Å². The molecule has 3 heteroatoms. The molecule has 0 saturated heterocycles. The van der Waals surface area contributed by atoms with Crippen LogP contribution >= 0.6 is 0 Å². The summed E-state index contributed by atoms with van der Waals surface area (Å²) in [5.41, 5.74) is 1.25. The van der Waals surface area contributed by atoms with Crippen molar-refractivity contribution in [1.82, 2.24) is 10.3 Å². The highest BCUT2D eigenvalue weighted by Crippen LogP contribution is 2.24. The van der Waals surface area contributed by atoms with Gasteiger partial charge in [-0.1, -0.05) is 31.7 Å². The minimum atomic E-state index is 0.676. The van der Waals surface area contributed by atoms with Crippen molar-refractivity contribution in [2.75, 3.05) is 19.0 Å². The Kier molecular flexibility index (Phi) is 5.00. The molecule has 0 unspecified atom stereocenters. The Balaban J connectivity index is 2.00. The Morgan fingerprint density at radius 1 is 1.22 bits per heavy atom. The summed E-state index contributed by atoms with van der Waals surface area (Å²) in [5, 5.41) is 3.15. The molecule has 1 aliphatic carbocycles. The molecular weight excluding hydrogens is 222 g/mol. The predicted octanol–water partition coefficient (Wildman–Crippen LogP) is 2.96. The molecule has 2 rings (SSSR count). The molecule has 0 radical (unpaired) electrons. The predicted molar refractivity (Wildman–Crippen MR) is 76.9 cm³/mol. The largest absolute Gasteiger partial charge is 0.357 e. The fraction of sp³-hybridized carbons (Fsp3) is 0.667. The van der Waals surface area contributed by atoms with Crippen molar-refractivity contribution >= 4 is 5.82 Å². The smallest absolute Gasteiger partial charge is 0.128 e. The van der Waals surface area contributed by atoms with Crippen LogP contribution in [-0.2, 0) is 6.54 Å². The number of nitrogens with zero attached hydrogens (tertiary/aromatic N) is 2. The third-order valence-corrected chi connectivity index (χ3v) is 3.92. The van der Waals surface area contributed by atoms with E-state index in [0.717, 1.165) is 12.4 Å². The Hall–Kier alpha value is -1.09. The molecule has 100 valence electrons. The molecule has 1 aromatic heterocycles. The number of pyridine rings is 1. The van der Waals surface area contributed by atoms with Gasteiger partial charge in [0.15, 0.2) is 0 Å². The molecule has 1 N–H and O–H groups in total. The van der Waals surface area contributed by atoms with Gasteiger partial charge in [-0.05, 0) is 31.5 Å². The topological polar surface area (TPSA) is 28.2 Å². The standard InChI is InChI=1S/C15H25N3/c1-16-11-13-9-10-15(17-12-13)18(2)14-7-5-3-4-6-8-14/h9-10,12,14,16H,3-8,11H2,1-2H3. The Bertz CT molecular complexity index is 339. The van der Waals surface area contributed by atoms with E-state index in [-0.39, 0.29) is 0 Å². The molecule has 3 nitrogen and oxygen atoms in total. The number of hydrogen-bond acceptors (Lipinski definition) is 3. The van der Waals surface area contributed by atoms with Crippen LogP contribution in [0.2, 0.25) is 0 Å². The first-order valence-corrected chi connectivity index (χ1v) is 7.13. The van der Waals surface area contributed by atoms with Crippen LogP contribution in [-0.4, -0.2) is 25.1 Å². The maximum atomic E-state index is 4.59. The number of hydrogen-bond donors (Lipinski definition) is 1. The fourth-order valence-electron chi connectivity index (χ4n) is 2.77. The summed E-state index contributed by atoms with van der Waals surface area (Å²) >= 11 is 0. The van der Waals surface area contributed by atoms with E-state index in [4.69, 9.17) is 0 Å². The quantitative estimate of drug-likeness (QED) is 0.829. The summed E-state index contributed by atoms with van der Waals surface area (Å²) in [6, 6.07) is 5.00. The zero-order chi connectivity index (χ0) is 12.8. The number of aromatic nitrogens is 1. The van der Waals surface area contributed by atoms with Gasteiger partial charge in [0.05, 0.1) is 0 Å². The van der Waals surface area contributed by atoms with Gasteiger partial charge in [-0.15, -0.1) is 0 Å². The minimum Gasteiger partial charge on any atom is -0.357 e. The molecule has 0 spiro atoms. The summed E-state index contributed by atoms with van der Waals surface area (Å²) in [6.45, 7) is 0.889. The van der Waals surface area contributed by atoms with Crippen LogP contribution in [0, 0.1) is 0 Å². The number of anilines is 1. The zero-order valence-corrected chi connectivity index (χ0v) is 11.7. The van der Waals surface area contributed by atoms with E-state index in [2.05, 4.69) is 34.4 Å². The molecule has 0 amide bonds. The normalized spacial score (nSPS) is 17.4. The summed E-state index contributed by atoms with van der Waals surface area (Å²) in [5.74, 6) is 1.11. The first kappa shape index (κ1) is 13.3. The second kappa shape index (κ2) is 6.74. The van der Waals surface area contributed by atoms with E-state index >= 15 is 0 Å². The van der Waals surface area contributed by atoms with Crippen molar-refractivity contribution in [2.24, 2.45) is 0 Å². The lowest BCUT2D eigenvalue weighted by atomic mass is 10.1. The Morgan fingerprint density at radius 2 is 1.94 bits per heavy atom.